The summed E-state index contributed by atoms with van der Waals surface area (Å²) in [6, 6.07) is 2.41. The molecule has 0 aromatic heterocycles. The molecule has 0 atom stereocenters. The van der Waals surface area contributed by atoms with Crippen molar-refractivity contribution in [2.45, 2.75) is 25.9 Å². The van der Waals surface area contributed by atoms with Gasteiger partial charge in [0.05, 0.1) is 0 Å². The van der Waals surface area contributed by atoms with Crippen molar-refractivity contribution in [3.05, 3.63) is 64.8 Å². The van der Waals surface area contributed by atoms with Gasteiger partial charge in [0.2, 0.25) is 5.78 Å². The lowest BCUT2D eigenvalue weighted by atomic mass is 9.88. The molecular formula is C20H20O5. The summed E-state index contributed by atoms with van der Waals surface area (Å²) >= 11 is 0. The number of phenolic OH excluding ortho intramolecular Hbond substituents is 2. The number of Topliss-reactive ketones (excluding diaryl/α,β-unsaturated/α-hetero) is 1. The monoisotopic (exact) mass is 340 g/mol. The van der Waals surface area contributed by atoms with Crippen molar-refractivity contribution in [2.75, 3.05) is 6.61 Å². The molecule has 3 rings (SSSR count). The molecule has 0 bridgehead atoms. The number of ketones is 1. The maximum Gasteiger partial charge on any atom is 0.200 e. The van der Waals surface area contributed by atoms with E-state index in [9.17, 15) is 20.1 Å². The van der Waals surface area contributed by atoms with Gasteiger partial charge in [-0.2, -0.15) is 0 Å². The second-order valence-corrected chi connectivity index (χ2v) is 6.53. The van der Waals surface area contributed by atoms with E-state index in [0.29, 0.717) is 17.6 Å². The van der Waals surface area contributed by atoms with Crippen molar-refractivity contribution in [1.29, 1.82) is 0 Å². The molecule has 5 heteroatoms. The highest BCUT2D eigenvalue weighted by molar-refractivity contribution is 6.14. The number of allylic oxidation sites excluding steroid dienone is 4. The zero-order valence-corrected chi connectivity index (χ0v) is 14.1. The van der Waals surface area contributed by atoms with Crippen LogP contribution in [0.4, 0.5) is 0 Å². The Morgan fingerprint density at radius 2 is 1.92 bits per heavy atom. The second-order valence-electron chi connectivity index (χ2n) is 6.53. The summed E-state index contributed by atoms with van der Waals surface area (Å²) < 4.78 is 5.51. The Hall–Kier alpha value is -2.79. The molecule has 0 unspecified atom stereocenters. The third-order valence-electron chi connectivity index (χ3n) is 4.23. The van der Waals surface area contributed by atoms with Crippen LogP contribution in [0.15, 0.2) is 59.2 Å². The minimum atomic E-state index is -1.08. The number of aromatic hydroxyl groups is 2. The second kappa shape index (κ2) is 6.26. The van der Waals surface area contributed by atoms with E-state index < -0.39 is 5.60 Å². The summed E-state index contributed by atoms with van der Waals surface area (Å²) in [5, 5.41) is 30.0. The average Bonchev–Trinajstić information content (AvgIpc) is 2.54. The van der Waals surface area contributed by atoms with Crippen molar-refractivity contribution in [2.24, 2.45) is 0 Å². The van der Waals surface area contributed by atoms with Crippen LogP contribution in [-0.2, 0) is 0 Å². The van der Waals surface area contributed by atoms with Crippen LogP contribution in [-0.4, -0.2) is 33.3 Å². The van der Waals surface area contributed by atoms with E-state index in [-0.39, 0.29) is 35.2 Å². The van der Waals surface area contributed by atoms with Crippen LogP contribution in [0.25, 0.3) is 0 Å². The zero-order valence-electron chi connectivity index (χ0n) is 14.1. The molecule has 0 amide bonds. The Bertz CT molecular complexity index is 835. The first-order valence-electron chi connectivity index (χ1n) is 8.00. The quantitative estimate of drug-likeness (QED) is 0.568. The fourth-order valence-corrected chi connectivity index (χ4v) is 2.79. The molecule has 5 nitrogen and oxygen atoms in total. The van der Waals surface area contributed by atoms with Gasteiger partial charge < -0.3 is 20.1 Å². The molecule has 25 heavy (non-hydrogen) atoms. The Morgan fingerprint density at radius 3 is 2.56 bits per heavy atom. The summed E-state index contributed by atoms with van der Waals surface area (Å²) in [5.74, 6) is -0.669. The molecule has 130 valence electrons. The van der Waals surface area contributed by atoms with Crippen LogP contribution in [0.3, 0.4) is 0 Å². The van der Waals surface area contributed by atoms with E-state index in [2.05, 4.69) is 0 Å². The van der Waals surface area contributed by atoms with Crippen LogP contribution in [0.2, 0.25) is 0 Å². The normalized spacial score (nSPS) is 21.8. The Morgan fingerprint density at radius 1 is 1.24 bits per heavy atom. The smallest absolute Gasteiger partial charge is 0.200 e. The van der Waals surface area contributed by atoms with Crippen molar-refractivity contribution in [3.8, 4) is 17.2 Å². The van der Waals surface area contributed by atoms with Crippen molar-refractivity contribution in [3.63, 3.8) is 0 Å². The Labute approximate surface area is 145 Å². The lowest BCUT2D eigenvalue weighted by molar-refractivity contribution is 0.0994. The molecule has 0 saturated heterocycles. The number of ether oxygens (including phenoxy) is 1. The van der Waals surface area contributed by atoms with Gasteiger partial charge in [-0.15, -0.1) is 0 Å². The zero-order chi connectivity index (χ0) is 18.2. The van der Waals surface area contributed by atoms with Gasteiger partial charge in [0.15, 0.2) is 0 Å². The number of rotatable bonds is 2. The summed E-state index contributed by atoms with van der Waals surface area (Å²) in [6.07, 6.45) is 9.08. The minimum Gasteiger partial charge on any atom is -0.508 e. The number of aliphatic hydroxyl groups is 1. The third kappa shape index (κ3) is 3.37. The highest BCUT2D eigenvalue weighted by atomic mass is 16.5. The van der Waals surface area contributed by atoms with Gasteiger partial charge in [-0.1, -0.05) is 23.8 Å². The Balaban J connectivity index is 1.92. The third-order valence-corrected chi connectivity index (χ3v) is 4.23. The van der Waals surface area contributed by atoms with Crippen LogP contribution in [0, 0.1) is 0 Å². The van der Waals surface area contributed by atoms with Crippen LogP contribution < -0.4 is 4.74 Å². The van der Waals surface area contributed by atoms with E-state index >= 15 is 0 Å². The SMILES string of the molecule is CC(C)=CCC1(O)C=CC(=C2COc3cc(O)cc(O)c3C2=O)C=C1. The first-order valence-corrected chi connectivity index (χ1v) is 8.00. The molecule has 0 saturated carbocycles. The van der Waals surface area contributed by atoms with E-state index in [1.807, 2.05) is 19.9 Å². The number of phenols is 2. The molecule has 1 aromatic rings. The van der Waals surface area contributed by atoms with E-state index in [0.717, 1.165) is 11.6 Å². The number of fused-ring (bicyclic) bond motifs is 1. The van der Waals surface area contributed by atoms with E-state index in [1.54, 1.807) is 24.3 Å². The van der Waals surface area contributed by atoms with Gasteiger partial charge in [-0.3, -0.25) is 4.79 Å². The van der Waals surface area contributed by atoms with Gasteiger partial charge in [0.1, 0.15) is 35.0 Å². The van der Waals surface area contributed by atoms with E-state index in [1.165, 1.54) is 6.07 Å². The Kier molecular flexibility index (Phi) is 4.27. The lowest BCUT2D eigenvalue weighted by Crippen LogP contribution is -2.25. The number of benzene rings is 1. The average molecular weight is 340 g/mol. The molecule has 1 aliphatic heterocycles. The van der Waals surface area contributed by atoms with Crippen LogP contribution >= 0.6 is 0 Å². The number of carbonyl (C=O) groups excluding carboxylic acids is 1. The molecular weight excluding hydrogens is 320 g/mol. The predicted octanol–water partition coefficient (Wildman–Crippen LogP) is 3.18. The van der Waals surface area contributed by atoms with E-state index in [4.69, 9.17) is 4.74 Å². The first kappa shape index (κ1) is 17.0. The molecule has 1 heterocycles. The standard InChI is InChI=1S/C20H20O5/c1-12(2)3-6-20(24)7-4-13(5-8-20)15-11-25-17-10-14(21)9-16(22)18(17)19(15)23/h3-5,7-10,21-22,24H,6,11H2,1-2H3. The molecule has 1 aromatic carbocycles. The molecule has 0 radical (unpaired) electrons. The largest absolute Gasteiger partial charge is 0.508 e. The summed E-state index contributed by atoms with van der Waals surface area (Å²) in [5.41, 5.74) is 1.10. The molecule has 2 aliphatic rings. The topological polar surface area (TPSA) is 87.0 Å². The van der Waals surface area contributed by atoms with Crippen LogP contribution in [0.5, 0.6) is 17.2 Å². The summed E-state index contributed by atoms with van der Waals surface area (Å²) in [7, 11) is 0. The van der Waals surface area contributed by atoms with Gasteiger partial charge in [-0.05, 0) is 31.6 Å². The van der Waals surface area contributed by atoms with Crippen molar-refractivity contribution < 1.29 is 24.9 Å². The summed E-state index contributed by atoms with van der Waals surface area (Å²) in [4.78, 5) is 12.7. The van der Waals surface area contributed by atoms with Crippen molar-refractivity contribution in [1.82, 2.24) is 0 Å². The van der Waals surface area contributed by atoms with Gasteiger partial charge in [-0.25, -0.2) is 0 Å². The maximum atomic E-state index is 12.7. The lowest BCUT2D eigenvalue weighted by Gasteiger charge is -2.25. The maximum absolute atomic E-state index is 12.7. The molecule has 0 fully saturated rings. The molecule has 0 spiro atoms. The fraction of sp³-hybridized carbons (Fsp3) is 0.250. The number of carbonyl (C=O) groups is 1. The highest BCUT2D eigenvalue weighted by Gasteiger charge is 2.30. The minimum absolute atomic E-state index is 0.0329. The van der Waals surface area contributed by atoms with Crippen LogP contribution in [0.1, 0.15) is 30.6 Å². The first-order chi connectivity index (χ1) is 11.8. The number of hydrogen-bond donors (Lipinski definition) is 3. The van der Waals surface area contributed by atoms with Gasteiger partial charge in [0.25, 0.3) is 0 Å². The van der Waals surface area contributed by atoms with Gasteiger partial charge >= 0.3 is 0 Å². The molecule has 1 aliphatic carbocycles. The van der Waals surface area contributed by atoms with Crippen molar-refractivity contribution >= 4 is 5.78 Å². The number of hydrogen-bond acceptors (Lipinski definition) is 5. The van der Waals surface area contributed by atoms with Gasteiger partial charge in [0, 0.05) is 24.1 Å². The predicted molar refractivity (Wildman–Crippen MR) is 93.9 cm³/mol. The fourth-order valence-electron chi connectivity index (χ4n) is 2.79. The highest BCUT2D eigenvalue weighted by Crippen LogP contribution is 2.38. The molecule has 3 N–H and O–H groups in total. The summed E-state index contributed by atoms with van der Waals surface area (Å²) in [6.45, 7) is 3.96.